The smallest absolute Gasteiger partial charge is 0.0213 e. The molecule has 1 unspecified atom stereocenters. The fourth-order valence-corrected chi connectivity index (χ4v) is 2.49. The zero-order valence-corrected chi connectivity index (χ0v) is 12.1. The average molecular weight is 279 g/mol. The Kier molecular flexibility index (Phi) is 5.09. The molecule has 16 heavy (non-hydrogen) atoms. The highest BCUT2D eigenvalue weighted by Gasteiger charge is 2.09. The molecule has 1 atom stereocenters. The molecular weight excluding hydrogens is 260 g/mol. The quantitative estimate of drug-likeness (QED) is 0.670. The summed E-state index contributed by atoms with van der Waals surface area (Å²) in [5, 5.41) is 0. The maximum atomic E-state index is 3.64. The van der Waals surface area contributed by atoms with E-state index in [2.05, 4.69) is 67.6 Å². The molecular formula is C15H19Br. The summed E-state index contributed by atoms with van der Waals surface area (Å²) < 4.78 is 1.21. The van der Waals surface area contributed by atoms with Crippen LogP contribution >= 0.6 is 15.9 Å². The van der Waals surface area contributed by atoms with Gasteiger partial charge in [0.15, 0.2) is 0 Å². The van der Waals surface area contributed by atoms with E-state index >= 15 is 0 Å². The average Bonchev–Trinajstić information content (AvgIpc) is 2.23. The molecule has 0 radical (unpaired) electrons. The van der Waals surface area contributed by atoms with E-state index in [9.17, 15) is 0 Å². The van der Waals surface area contributed by atoms with E-state index in [1.165, 1.54) is 21.2 Å². The van der Waals surface area contributed by atoms with Gasteiger partial charge in [-0.25, -0.2) is 0 Å². The van der Waals surface area contributed by atoms with Crippen LogP contribution in [0.5, 0.6) is 0 Å². The van der Waals surface area contributed by atoms with Gasteiger partial charge in [0.05, 0.1) is 0 Å². The van der Waals surface area contributed by atoms with E-state index in [0.717, 1.165) is 12.8 Å². The van der Waals surface area contributed by atoms with Crippen LogP contribution in [0.15, 0.2) is 16.6 Å². The summed E-state index contributed by atoms with van der Waals surface area (Å²) in [6.07, 6.45) is 1.88. The van der Waals surface area contributed by atoms with Crippen LogP contribution in [0.2, 0.25) is 0 Å². The van der Waals surface area contributed by atoms with Crippen LogP contribution < -0.4 is 0 Å². The topological polar surface area (TPSA) is 0 Å². The third-order valence-corrected chi connectivity index (χ3v) is 3.54. The maximum Gasteiger partial charge on any atom is 0.0213 e. The van der Waals surface area contributed by atoms with Gasteiger partial charge in [-0.05, 0) is 42.5 Å². The number of hydrogen-bond donors (Lipinski definition) is 0. The summed E-state index contributed by atoms with van der Waals surface area (Å²) in [5.74, 6) is 6.85. The minimum absolute atomic E-state index is 0.493. The lowest BCUT2D eigenvalue weighted by Crippen LogP contribution is -1.96. The first-order valence-corrected chi connectivity index (χ1v) is 6.58. The predicted molar refractivity (Wildman–Crippen MR) is 74.7 cm³/mol. The number of rotatable bonds is 2. The molecule has 0 spiro atoms. The van der Waals surface area contributed by atoms with Crippen molar-refractivity contribution in [1.29, 1.82) is 0 Å². The van der Waals surface area contributed by atoms with Gasteiger partial charge < -0.3 is 0 Å². The first-order valence-electron chi connectivity index (χ1n) is 5.78. The first kappa shape index (κ1) is 13.3. The van der Waals surface area contributed by atoms with Crippen LogP contribution in [0, 0.1) is 25.7 Å². The highest BCUT2D eigenvalue weighted by atomic mass is 79.9. The molecule has 0 bridgehead atoms. The molecule has 0 amide bonds. The maximum absolute atomic E-state index is 3.64. The Hall–Kier alpha value is -0.740. The van der Waals surface area contributed by atoms with Crippen molar-refractivity contribution in [1.82, 2.24) is 0 Å². The lowest BCUT2D eigenvalue weighted by atomic mass is 9.95. The lowest BCUT2D eigenvalue weighted by Gasteiger charge is -2.13. The molecule has 0 aromatic heterocycles. The molecule has 1 heteroatoms. The SMILES string of the molecule is CCC#CCC(C)c1cc(C)c(C)cc1Br. The van der Waals surface area contributed by atoms with Crippen LogP contribution in [0.3, 0.4) is 0 Å². The molecule has 0 saturated heterocycles. The van der Waals surface area contributed by atoms with Gasteiger partial charge in [0.2, 0.25) is 0 Å². The van der Waals surface area contributed by atoms with Gasteiger partial charge in [-0.3, -0.25) is 0 Å². The molecule has 0 nitrogen and oxygen atoms in total. The summed E-state index contributed by atoms with van der Waals surface area (Å²) in [5.41, 5.74) is 4.06. The van der Waals surface area contributed by atoms with Gasteiger partial charge in [-0.15, -0.1) is 11.8 Å². The van der Waals surface area contributed by atoms with E-state index in [0.29, 0.717) is 5.92 Å². The Bertz CT molecular complexity index is 421. The largest absolute Gasteiger partial charge is 0.104 e. The molecule has 1 aromatic carbocycles. The van der Waals surface area contributed by atoms with Gasteiger partial charge in [0.25, 0.3) is 0 Å². The second kappa shape index (κ2) is 6.11. The summed E-state index contributed by atoms with van der Waals surface area (Å²) in [7, 11) is 0. The number of halogens is 1. The van der Waals surface area contributed by atoms with E-state index < -0.39 is 0 Å². The fourth-order valence-electron chi connectivity index (χ4n) is 1.64. The Morgan fingerprint density at radius 3 is 2.44 bits per heavy atom. The molecule has 0 aliphatic heterocycles. The lowest BCUT2D eigenvalue weighted by molar-refractivity contribution is 0.788. The number of hydrogen-bond acceptors (Lipinski definition) is 0. The Morgan fingerprint density at radius 1 is 1.19 bits per heavy atom. The minimum atomic E-state index is 0.493. The Labute approximate surface area is 108 Å². The van der Waals surface area contributed by atoms with Gasteiger partial charge in [-0.1, -0.05) is 35.8 Å². The predicted octanol–water partition coefficient (Wildman–Crippen LogP) is 4.97. The fraction of sp³-hybridized carbons (Fsp3) is 0.467. The second-order valence-electron chi connectivity index (χ2n) is 4.27. The molecule has 0 fully saturated rings. The Morgan fingerprint density at radius 2 is 1.81 bits per heavy atom. The van der Waals surface area contributed by atoms with E-state index in [4.69, 9.17) is 0 Å². The van der Waals surface area contributed by atoms with E-state index in [1.54, 1.807) is 0 Å². The van der Waals surface area contributed by atoms with Crippen molar-refractivity contribution in [3.05, 3.63) is 33.3 Å². The molecule has 0 heterocycles. The summed E-state index contributed by atoms with van der Waals surface area (Å²) in [6, 6.07) is 4.48. The van der Waals surface area contributed by atoms with Crippen LogP contribution in [0.25, 0.3) is 0 Å². The molecule has 0 aliphatic rings. The molecule has 0 saturated carbocycles. The zero-order valence-electron chi connectivity index (χ0n) is 10.5. The summed E-state index contributed by atoms with van der Waals surface area (Å²) in [6.45, 7) is 8.63. The van der Waals surface area contributed by atoms with E-state index in [-0.39, 0.29) is 0 Å². The first-order chi connectivity index (χ1) is 7.56. The van der Waals surface area contributed by atoms with E-state index in [1.807, 2.05) is 0 Å². The van der Waals surface area contributed by atoms with Crippen molar-refractivity contribution < 1.29 is 0 Å². The standard InChI is InChI=1S/C15H19Br/c1-5-6-7-8-11(2)14-9-12(3)13(4)10-15(14)16/h9-11H,5,8H2,1-4H3. The highest BCUT2D eigenvalue weighted by molar-refractivity contribution is 9.10. The van der Waals surface area contributed by atoms with Crippen LogP contribution in [0.1, 0.15) is 49.3 Å². The summed E-state index contributed by atoms with van der Waals surface area (Å²) in [4.78, 5) is 0. The highest BCUT2D eigenvalue weighted by Crippen LogP contribution is 2.29. The summed E-state index contributed by atoms with van der Waals surface area (Å²) >= 11 is 3.64. The third kappa shape index (κ3) is 3.39. The zero-order chi connectivity index (χ0) is 12.1. The van der Waals surface area contributed by atoms with Crippen molar-refractivity contribution >= 4 is 15.9 Å². The van der Waals surface area contributed by atoms with Crippen LogP contribution in [-0.2, 0) is 0 Å². The van der Waals surface area contributed by atoms with Crippen LogP contribution in [0.4, 0.5) is 0 Å². The Balaban J connectivity index is 2.91. The normalized spacial score (nSPS) is 11.8. The van der Waals surface area contributed by atoms with Gasteiger partial charge >= 0.3 is 0 Å². The molecule has 0 aliphatic carbocycles. The van der Waals surface area contributed by atoms with Crippen molar-refractivity contribution in [3.8, 4) is 11.8 Å². The number of benzene rings is 1. The van der Waals surface area contributed by atoms with Crippen molar-refractivity contribution in [2.45, 2.75) is 46.5 Å². The molecule has 86 valence electrons. The molecule has 0 N–H and O–H groups in total. The van der Waals surface area contributed by atoms with Crippen molar-refractivity contribution in [2.75, 3.05) is 0 Å². The molecule has 1 rings (SSSR count). The molecule has 1 aromatic rings. The minimum Gasteiger partial charge on any atom is -0.104 e. The monoisotopic (exact) mass is 278 g/mol. The third-order valence-electron chi connectivity index (χ3n) is 2.85. The van der Waals surface area contributed by atoms with Gasteiger partial charge in [0, 0.05) is 17.3 Å². The van der Waals surface area contributed by atoms with Crippen molar-refractivity contribution in [3.63, 3.8) is 0 Å². The van der Waals surface area contributed by atoms with Crippen molar-refractivity contribution in [2.24, 2.45) is 0 Å². The van der Waals surface area contributed by atoms with Gasteiger partial charge in [-0.2, -0.15) is 0 Å². The van der Waals surface area contributed by atoms with Gasteiger partial charge in [0.1, 0.15) is 0 Å². The number of aryl methyl sites for hydroxylation is 2. The second-order valence-corrected chi connectivity index (χ2v) is 5.12. The van der Waals surface area contributed by atoms with Crippen LogP contribution in [-0.4, -0.2) is 0 Å².